The molecule has 0 aromatic carbocycles. The van der Waals surface area contributed by atoms with E-state index < -0.39 is 0 Å². The van der Waals surface area contributed by atoms with Crippen molar-refractivity contribution in [2.45, 2.75) is 44.7 Å². The Kier molecular flexibility index (Phi) is 3.21. The van der Waals surface area contributed by atoms with E-state index in [0.29, 0.717) is 0 Å². The summed E-state index contributed by atoms with van der Waals surface area (Å²) in [7, 11) is 0. The van der Waals surface area contributed by atoms with Crippen LogP contribution in [0, 0.1) is 5.92 Å². The zero-order valence-electron chi connectivity index (χ0n) is 10.4. The van der Waals surface area contributed by atoms with Crippen molar-refractivity contribution in [3.63, 3.8) is 0 Å². The Morgan fingerprint density at radius 3 is 3.06 bits per heavy atom. The Bertz CT molecular complexity index is 382. The standard InChI is InChI=1S/C14H22N2O/c15-13-2-1-3-14-12(13)6-7-16(14)8-9-17-10-11-4-5-11/h6-7,11,13H,1-5,8-10,15H2. The van der Waals surface area contributed by atoms with Crippen molar-refractivity contribution in [2.75, 3.05) is 13.2 Å². The number of ether oxygens (including phenoxy) is 1. The fraction of sp³-hybridized carbons (Fsp3) is 0.714. The van der Waals surface area contributed by atoms with Crippen molar-refractivity contribution in [2.24, 2.45) is 11.7 Å². The van der Waals surface area contributed by atoms with Crippen LogP contribution in [0.2, 0.25) is 0 Å². The van der Waals surface area contributed by atoms with E-state index in [0.717, 1.165) is 32.1 Å². The SMILES string of the molecule is NC1CCCc2c1ccn2CCOCC1CC1. The van der Waals surface area contributed by atoms with Crippen molar-refractivity contribution in [1.29, 1.82) is 0 Å². The van der Waals surface area contributed by atoms with Crippen LogP contribution in [0.4, 0.5) is 0 Å². The number of hydrogen-bond donors (Lipinski definition) is 1. The zero-order valence-corrected chi connectivity index (χ0v) is 10.4. The molecule has 0 amide bonds. The Morgan fingerprint density at radius 2 is 2.24 bits per heavy atom. The van der Waals surface area contributed by atoms with Gasteiger partial charge in [-0.2, -0.15) is 0 Å². The number of fused-ring (bicyclic) bond motifs is 1. The van der Waals surface area contributed by atoms with Crippen LogP contribution < -0.4 is 5.73 Å². The second-order valence-electron chi connectivity index (χ2n) is 5.43. The molecule has 0 bridgehead atoms. The third-order valence-electron chi connectivity index (χ3n) is 3.97. The molecule has 1 unspecified atom stereocenters. The van der Waals surface area contributed by atoms with Gasteiger partial charge in [0.2, 0.25) is 0 Å². The monoisotopic (exact) mass is 234 g/mol. The van der Waals surface area contributed by atoms with Crippen LogP contribution in [-0.2, 0) is 17.7 Å². The molecule has 3 nitrogen and oxygen atoms in total. The average molecular weight is 234 g/mol. The summed E-state index contributed by atoms with van der Waals surface area (Å²) in [5.74, 6) is 0.863. The summed E-state index contributed by atoms with van der Waals surface area (Å²) < 4.78 is 8.03. The van der Waals surface area contributed by atoms with Gasteiger partial charge in [-0.25, -0.2) is 0 Å². The highest BCUT2D eigenvalue weighted by Gasteiger charge is 2.22. The van der Waals surface area contributed by atoms with E-state index in [2.05, 4.69) is 16.8 Å². The molecule has 1 aromatic rings. The zero-order chi connectivity index (χ0) is 11.7. The van der Waals surface area contributed by atoms with E-state index in [4.69, 9.17) is 10.5 Å². The van der Waals surface area contributed by atoms with Gasteiger partial charge in [-0.05, 0) is 49.7 Å². The third kappa shape index (κ3) is 2.55. The average Bonchev–Trinajstić information content (AvgIpc) is 3.06. The highest BCUT2D eigenvalue weighted by Crippen LogP contribution is 2.29. The Balaban J connectivity index is 1.55. The minimum atomic E-state index is 0.257. The lowest BCUT2D eigenvalue weighted by Gasteiger charge is -2.21. The molecule has 2 N–H and O–H groups in total. The molecule has 1 atom stereocenters. The number of rotatable bonds is 5. The van der Waals surface area contributed by atoms with Crippen LogP contribution in [0.1, 0.15) is 43.0 Å². The molecular weight excluding hydrogens is 212 g/mol. The first-order chi connectivity index (χ1) is 8.34. The number of nitrogens with zero attached hydrogens (tertiary/aromatic N) is 1. The number of hydrogen-bond acceptors (Lipinski definition) is 2. The second-order valence-corrected chi connectivity index (χ2v) is 5.43. The molecule has 3 rings (SSSR count). The van der Waals surface area contributed by atoms with Gasteiger partial charge in [0.25, 0.3) is 0 Å². The van der Waals surface area contributed by atoms with E-state index in [1.165, 1.54) is 36.9 Å². The van der Waals surface area contributed by atoms with Gasteiger partial charge in [0.05, 0.1) is 6.61 Å². The number of nitrogens with two attached hydrogens (primary N) is 1. The Labute approximate surface area is 103 Å². The summed E-state index contributed by atoms with van der Waals surface area (Å²) in [6.07, 6.45) is 8.45. The van der Waals surface area contributed by atoms with Crippen LogP contribution >= 0.6 is 0 Å². The largest absolute Gasteiger partial charge is 0.379 e. The maximum absolute atomic E-state index is 6.12. The first-order valence-corrected chi connectivity index (χ1v) is 6.86. The minimum absolute atomic E-state index is 0.257. The van der Waals surface area contributed by atoms with Crippen molar-refractivity contribution < 1.29 is 4.74 Å². The fourth-order valence-electron chi connectivity index (χ4n) is 2.70. The first kappa shape index (κ1) is 11.3. The molecule has 0 spiro atoms. The summed E-state index contributed by atoms with van der Waals surface area (Å²) in [6.45, 7) is 2.78. The third-order valence-corrected chi connectivity index (χ3v) is 3.97. The lowest BCUT2D eigenvalue weighted by Crippen LogP contribution is -2.19. The van der Waals surface area contributed by atoms with Gasteiger partial charge < -0.3 is 15.0 Å². The Hall–Kier alpha value is -0.800. The fourth-order valence-corrected chi connectivity index (χ4v) is 2.70. The molecule has 0 saturated heterocycles. The Morgan fingerprint density at radius 1 is 1.35 bits per heavy atom. The molecule has 0 aliphatic heterocycles. The molecule has 2 aliphatic rings. The van der Waals surface area contributed by atoms with E-state index in [9.17, 15) is 0 Å². The molecule has 1 aromatic heterocycles. The molecule has 1 saturated carbocycles. The van der Waals surface area contributed by atoms with Crippen LogP contribution in [0.3, 0.4) is 0 Å². The van der Waals surface area contributed by atoms with Crippen LogP contribution in [0.15, 0.2) is 12.3 Å². The van der Waals surface area contributed by atoms with E-state index in [1.54, 1.807) is 0 Å². The molecule has 3 heteroatoms. The summed E-state index contributed by atoms with van der Waals surface area (Å²) >= 11 is 0. The molecule has 1 heterocycles. The topological polar surface area (TPSA) is 40.2 Å². The maximum atomic E-state index is 6.12. The second kappa shape index (κ2) is 4.83. The van der Waals surface area contributed by atoms with Gasteiger partial charge >= 0.3 is 0 Å². The summed E-state index contributed by atoms with van der Waals surface area (Å²) in [5, 5.41) is 0. The molecular formula is C14H22N2O. The van der Waals surface area contributed by atoms with Gasteiger partial charge in [0, 0.05) is 31.1 Å². The molecule has 94 valence electrons. The van der Waals surface area contributed by atoms with E-state index >= 15 is 0 Å². The van der Waals surface area contributed by atoms with E-state index in [1.807, 2.05) is 0 Å². The lowest BCUT2D eigenvalue weighted by atomic mass is 9.94. The van der Waals surface area contributed by atoms with Gasteiger partial charge in [0.15, 0.2) is 0 Å². The highest BCUT2D eigenvalue weighted by atomic mass is 16.5. The predicted molar refractivity (Wildman–Crippen MR) is 67.8 cm³/mol. The summed E-state index contributed by atoms with van der Waals surface area (Å²) in [4.78, 5) is 0. The van der Waals surface area contributed by atoms with Crippen molar-refractivity contribution >= 4 is 0 Å². The van der Waals surface area contributed by atoms with Crippen LogP contribution in [0.5, 0.6) is 0 Å². The van der Waals surface area contributed by atoms with Crippen LogP contribution in [0.25, 0.3) is 0 Å². The highest BCUT2D eigenvalue weighted by molar-refractivity contribution is 5.28. The van der Waals surface area contributed by atoms with E-state index in [-0.39, 0.29) is 6.04 Å². The van der Waals surface area contributed by atoms with Gasteiger partial charge in [-0.15, -0.1) is 0 Å². The number of aromatic nitrogens is 1. The normalized spacial score (nSPS) is 23.7. The lowest BCUT2D eigenvalue weighted by molar-refractivity contribution is 0.116. The summed E-state index contributed by atoms with van der Waals surface area (Å²) in [5.41, 5.74) is 8.92. The van der Waals surface area contributed by atoms with Gasteiger partial charge in [-0.1, -0.05) is 0 Å². The van der Waals surface area contributed by atoms with Crippen LogP contribution in [-0.4, -0.2) is 17.8 Å². The van der Waals surface area contributed by atoms with Crippen molar-refractivity contribution in [3.8, 4) is 0 Å². The first-order valence-electron chi connectivity index (χ1n) is 6.86. The van der Waals surface area contributed by atoms with Gasteiger partial charge in [-0.3, -0.25) is 0 Å². The molecule has 2 aliphatic carbocycles. The molecule has 1 fully saturated rings. The quantitative estimate of drug-likeness (QED) is 0.794. The van der Waals surface area contributed by atoms with Crippen molar-refractivity contribution in [3.05, 3.63) is 23.5 Å². The minimum Gasteiger partial charge on any atom is -0.379 e. The maximum Gasteiger partial charge on any atom is 0.0645 e. The smallest absolute Gasteiger partial charge is 0.0645 e. The molecule has 0 radical (unpaired) electrons. The van der Waals surface area contributed by atoms with Crippen molar-refractivity contribution in [1.82, 2.24) is 4.57 Å². The molecule has 17 heavy (non-hydrogen) atoms. The van der Waals surface area contributed by atoms with Gasteiger partial charge in [0.1, 0.15) is 0 Å². The predicted octanol–water partition coefficient (Wildman–Crippen LogP) is 2.25. The summed E-state index contributed by atoms with van der Waals surface area (Å²) in [6, 6.07) is 2.45.